The number of rotatable bonds is 5. The molecule has 1 aromatic carbocycles. The van der Waals surface area contributed by atoms with E-state index in [-0.39, 0.29) is 5.88 Å². The van der Waals surface area contributed by atoms with E-state index >= 15 is 0 Å². The van der Waals surface area contributed by atoms with Gasteiger partial charge in [-0.1, -0.05) is 5.16 Å². The van der Waals surface area contributed by atoms with Gasteiger partial charge in [-0.15, -0.1) is 0 Å². The number of aromatic hydroxyl groups is 1. The molecule has 1 saturated heterocycles. The Morgan fingerprint density at radius 1 is 1.21 bits per heavy atom. The first-order valence-electron chi connectivity index (χ1n) is 9.53. The fourth-order valence-electron chi connectivity index (χ4n) is 3.70. The van der Waals surface area contributed by atoms with E-state index in [1.165, 1.54) is 37.2 Å². The first-order valence-corrected chi connectivity index (χ1v) is 9.53. The van der Waals surface area contributed by atoms with Gasteiger partial charge >= 0.3 is 0 Å². The number of aromatic nitrogens is 3. The summed E-state index contributed by atoms with van der Waals surface area (Å²) < 4.78 is 10.9. The summed E-state index contributed by atoms with van der Waals surface area (Å²) in [6, 6.07) is 9.92. The minimum atomic E-state index is -0.0424. The molecule has 2 aromatic heterocycles. The molecule has 0 spiro atoms. The molecule has 0 bridgehead atoms. The van der Waals surface area contributed by atoms with Crippen LogP contribution >= 0.6 is 0 Å². The van der Waals surface area contributed by atoms with Gasteiger partial charge in [0.15, 0.2) is 0 Å². The predicted molar refractivity (Wildman–Crippen MR) is 106 cm³/mol. The van der Waals surface area contributed by atoms with Crippen molar-refractivity contribution in [3.8, 4) is 28.7 Å². The van der Waals surface area contributed by atoms with Gasteiger partial charge in [-0.05, 0) is 50.5 Å². The average molecular weight is 380 g/mol. The Hall–Kier alpha value is -2.93. The van der Waals surface area contributed by atoms with Gasteiger partial charge in [0.2, 0.25) is 11.7 Å². The zero-order chi connectivity index (χ0) is 19.5. The van der Waals surface area contributed by atoms with Crippen LogP contribution in [-0.4, -0.2) is 39.9 Å². The van der Waals surface area contributed by atoms with Crippen LogP contribution in [0.15, 0.2) is 41.1 Å². The van der Waals surface area contributed by atoms with E-state index in [9.17, 15) is 5.11 Å². The van der Waals surface area contributed by atoms with E-state index in [1.54, 1.807) is 13.2 Å². The fraction of sp³-hybridized carbons (Fsp3) is 0.381. The van der Waals surface area contributed by atoms with Crippen LogP contribution in [-0.2, 0) is 11.3 Å². The lowest BCUT2D eigenvalue weighted by molar-refractivity contribution is 0.185. The third-order valence-electron chi connectivity index (χ3n) is 5.17. The number of hydrogen-bond donors (Lipinski definition) is 1. The first-order chi connectivity index (χ1) is 13.7. The molecule has 7 nitrogen and oxygen atoms in total. The molecule has 0 radical (unpaired) electrons. The van der Waals surface area contributed by atoms with Crippen LogP contribution in [0.1, 0.15) is 31.7 Å². The SMILES string of the molecule is COCc1cc(-c2nc(-c3ccc(O)nc3)no2)ccc1N1CCCCC1C. The van der Waals surface area contributed by atoms with Crippen molar-refractivity contribution < 1.29 is 14.4 Å². The summed E-state index contributed by atoms with van der Waals surface area (Å²) in [5.41, 5.74) is 3.86. The molecule has 3 aromatic rings. The third kappa shape index (κ3) is 3.71. The molecule has 28 heavy (non-hydrogen) atoms. The number of ether oxygens (including phenoxy) is 1. The second-order valence-electron chi connectivity index (χ2n) is 7.14. The highest BCUT2D eigenvalue weighted by atomic mass is 16.5. The van der Waals surface area contributed by atoms with Gasteiger partial charge in [0.05, 0.1) is 6.61 Å². The molecule has 3 heterocycles. The third-order valence-corrected chi connectivity index (χ3v) is 5.17. The van der Waals surface area contributed by atoms with Crippen molar-refractivity contribution in [1.29, 1.82) is 0 Å². The van der Waals surface area contributed by atoms with Gasteiger partial charge in [0.1, 0.15) is 0 Å². The molecule has 4 rings (SSSR count). The Kier molecular flexibility index (Phi) is 5.25. The summed E-state index contributed by atoms with van der Waals surface area (Å²) in [6.07, 6.45) is 5.22. The van der Waals surface area contributed by atoms with Crippen molar-refractivity contribution >= 4 is 5.69 Å². The summed E-state index contributed by atoms with van der Waals surface area (Å²) in [4.78, 5) is 10.8. The average Bonchev–Trinajstić information content (AvgIpc) is 3.20. The maximum atomic E-state index is 9.33. The monoisotopic (exact) mass is 380 g/mol. The summed E-state index contributed by atoms with van der Waals surface area (Å²) >= 11 is 0. The van der Waals surface area contributed by atoms with E-state index in [1.807, 2.05) is 6.07 Å². The zero-order valence-electron chi connectivity index (χ0n) is 16.1. The van der Waals surface area contributed by atoms with Crippen LogP contribution in [0.3, 0.4) is 0 Å². The van der Waals surface area contributed by atoms with Gasteiger partial charge in [-0.25, -0.2) is 4.98 Å². The largest absolute Gasteiger partial charge is 0.493 e. The number of pyridine rings is 1. The number of hydrogen-bond acceptors (Lipinski definition) is 7. The molecule has 0 amide bonds. The van der Waals surface area contributed by atoms with Crippen LogP contribution in [0.2, 0.25) is 0 Å². The van der Waals surface area contributed by atoms with Gasteiger partial charge < -0.3 is 19.3 Å². The maximum Gasteiger partial charge on any atom is 0.258 e. The number of methoxy groups -OCH3 is 1. The Balaban J connectivity index is 1.65. The second-order valence-corrected chi connectivity index (χ2v) is 7.14. The Morgan fingerprint density at radius 3 is 2.82 bits per heavy atom. The summed E-state index contributed by atoms with van der Waals surface area (Å²) in [5, 5.41) is 13.4. The highest BCUT2D eigenvalue weighted by Crippen LogP contribution is 2.32. The summed E-state index contributed by atoms with van der Waals surface area (Å²) in [5.74, 6) is 0.836. The highest BCUT2D eigenvalue weighted by molar-refractivity contribution is 5.66. The molecule has 0 saturated carbocycles. The molecule has 1 fully saturated rings. The van der Waals surface area contributed by atoms with Crippen LogP contribution in [0, 0.1) is 0 Å². The van der Waals surface area contributed by atoms with Crippen molar-refractivity contribution in [3.05, 3.63) is 42.1 Å². The van der Waals surface area contributed by atoms with Crippen LogP contribution in [0.4, 0.5) is 5.69 Å². The molecular formula is C21H24N4O3. The molecule has 1 aliphatic heterocycles. The molecule has 0 aliphatic carbocycles. The molecular weight excluding hydrogens is 356 g/mol. The summed E-state index contributed by atoms with van der Waals surface area (Å²) in [6.45, 7) is 3.87. The smallest absolute Gasteiger partial charge is 0.258 e. The molecule has 7 heteroatoms. The highest BCUT2D eigenvalue weighted by Gasteiger charge is 2.22. The minimum Gasteiger partial charge on any atom is -0.493 e. The lowest BCUT2D eigenvalue weighted by Crippen LogP contribution is -2.38. The Bertz CT molecular complexity index is 939. The van der Waals surface area contributed by atoms with E-state index in [4.69, 9.17) is 9.26 Å². The normalized spacial score (nSPS) is 17.1. The van der Waals surface area contributed by atoms with Gasteiger partial charge in [0, 0.05) is 54.3 Å². The number of benzene rings is 1. The van der Waals surface area contributed by atoms with Crippen molar-refractivity contribution in [2.75, 3.05) is 18.6 Å². The van der Waals surface area contributed by atoms with E-state index < -0.39 is 0 Å². The molecule has 1 aliphatic rings. The summed E-state index contributed by atoms with van der Waals surface area (Å²) in [7, 11) is 1.71. The number of piperidine rings is 1. The van der Waals surface area contributed by atoms with E-state index in [0.29, 0.717) is 29.9 Å². The molecule has 1 unspecified atom stereocenters. The molecule has 1 N–H and O–H groups in total. The first kappa shape index (κ1) is 18.4. The van der Waals surface area contributed by atoms with Crippen LogP contribution in [0.5, 0.6) is 5.88 Å². The van der Waals surface area contributed by atoms with Crippen LogP contribution < -0.4 is 4.90 Å². The van der Waals surface area contributed by atoms with Gasteiger partial charge in [-0.2, -0.15) is 4.98 Å². The number of anilines is 1. The number of nitrogens with zero attached hydrogens (tertiary/aromatic N) is 4. The molecule has 1 atom stereocenters. The maximum absolute atomic E-state index is 9.33. The molecule has 146 valence electrons. The standard InChI is InChI=1S/C21H24N4O3/c1-14-5-3-4-10-25(14)18-8-6-15(11-17(18)13-27-2)21-23-20(24-28-21)16-7-9-19(26)22-12-16/h6-9,11-12,14H,3-5,10,13H2,1-2H3,(H,22,26). The van der Waals surface area contributed by atoms with E-state index in [2.05, 4.69) is 39.1 Å². The van der Waals surface area contributed by atoms with Crippen molar-refractivity contribution in [1.82, 2.24) is 15.1 Å². The van der Waals surface area contributed by atoms with Crippen molar-refractivity contribution in [3.63, 3.8) is 0 Å². The van der Waals surface area contributed by atoms with Crippen molar-refractivity contribution in [2.45, 2.75) is 38.8 Å². The minimum absolute atomic E-state index is 0.0424. The topological polar surface area (TPSA) is 84.5 Å². The predicted octanol–water partition coefficient (Wildman–Crippen LogP) is 4.03. The Morgan fingerprint density at radius 2 is 2.07 bits per heavy atom. The Labute approximate surface area is 164 Å². The van der Waals surface area contributed by atoms with Gasteiger partial charge in [-0.3, -0.25) is 0 Å². The quantitative estimate of drug-likeness (QED) is 0.715. The van der Waals surface area contributed by atoms with Gasteiger partial charge in [0.25, 0.3) is 5.89 Å². The fourth-order valence-corrected chi connectivity index (χ4v) is 3.70. The van der Waals surface area contributed by atoms with Crippen LogP contribution in [0.25, 0.3) is 22.8 Å². The van der Waals surface area contributed by atoms with Crippen molar-refractivity contribution in [2.24, 2.45) is 0 Å². The second kappa shape index (κ2) is 7.98. The lowest BCUT2D eigenvalue weighted by Gasteiger charge is -2.36. The van der Waals surface area contributed by atoms with E-state index in [0.717, 1.165) is 17.7 Å². The zero-order valence-corrected chi connectivity index (χ0v) is 16.1. The lowest BCUT2D eigenvalue weighted by atomic mass is 10.00.